The largest absolute Gasteiger partial charge is 0.368 e. The van der Waals surface area contributed by atoms with Crippen LogP contribution in [-0.2, 0) is 13.1 Å². The lowest BCUT2D eigenvalue weighted by Gasteiger charge is -2.21. The number of anilines is 1. The van der Waals surface area contributed by atoms with Crippen LogP contribution in [0.5, 0.6) is 0 Å². The fourth-order valence-electron chi connectivity index (χ4n) is 2.18. The number of pyridine rings is 1. The standard InChI is InChI=1S/C16H21N3/c1-13-6-4-5-7-16(13)19(3)12-15-9-8-14(10-17-2)11-18-15/h4-9,11,17H,10,12H2,1-3H3. The maximum atomic E-state index is 4.51. The van der Waals surface area contributed by atoms with E-state index in [1.807, 2.05) is 13.2 Å². The van der Waals surface area contributed by atoms with Crippen LogP contribution in [0.4, 0.5) is 5.69 Å². The molecule has 0 aliphatic carbocycles. The van der Waals surface area contributed by atoms with Gasteiger partial charge in [-0.05, 0) is 37.2 Å². The molecular weight excluding hydrogens is 234 g/mol. The molecule has 19 heavy (non-hydrogen) atoms. The number of benzene rings is 1. The van der Waals surface area contributed by atoms with Crippen molar-refractivity contribution in [2.24, 2.45) is 0 Å². The fourth-order valence-corrected chi connectivity index (χ4v) is 2.18. The molecule has 0 amide bonds. The number of nitrogens with zero attached hydrogens (tertiary/aromatic N) is 2. The van der Waals surface area contributed by atoms with Gasteiger partial charge in [-0.1, -0.05) is 24.3 Å². The van der Waals surface area contributed by atoms with Crippen LogP contribution in [0.2, 0.25) is 0 Å². The molecule has 2 rings (SSSR count). The molecule has 0 atom stereocenters. The molecular formula is C16H21N3. The fraction of sp³-hybridized carbons (Fsp3) is 0.312. The number of nitrogens with one attached hydrogen (secondary N) is 1. The minimum absolute atomic E-state index is 0.824. The van der Waals surface area contributed by atoms with E-state index in [1.54, 1.807) is 0 Å². The monoisotopic (exact) mass is 255 g/mol. The van der Waals surface area contributed by atoms with Gasteiger partial charge in [0.15, 0.2) is 0 Å². The van der Waals surface area contributed by atoms with E-state index in [2.05, 4.69) is 65.6 Å². The minimum Gasteiger partial charge on any atom is -0.368 e. The van der Waals surface area contributed by atoms with Crippen LogP contribution < -0.4 is 10.2 Å². The Bertz CT molecular complexity index is 520. The zero-order valence-electron chi connectivity index (χ0n) is 11.9. The molecule has 0 aliphatic rings. The Labute approximate surface area is 115 Å². The number of aryl methyl sites for hydroxylation is 1. The first-order valence-electron chi connectivity index (χ1n) is 6.56. The van der Waals surface area contributed by atoms with E-state index < -0.39 is 0 Å². The second kappa shape index (κ2) is 6.34. The van der Waals surface area contributed by atoms with Gasteiger partial charge in [-0.3, -0.25) is 4.98 Å². The molecule has 1 heterocycles. The topological polar surface area (TPSA) is 28.2 Å². The van der Waals surface area contributed by atoms with Crippen LogP contribution in [0, 0.1) is 6.92 Å². The Hall–Kier alpha value is -1.87. The third-order valence-corrected chi connectivity index (χ3v) is 3.19. The molecule has 0 saturated carbocycles. The zero-order valence-corrected chi connectivity index (χ0v) is 11.9. The summed E-state index contributed by atoms with van der Waals surface area (Å²) < 4.78 is 0. The maximum Gasteiger partial charge on any atom is 0.0598 e. The summed E-state index contributed by atoms with van der Waals surface area (Å²) in [5, 5.41) is 3.13. The SMILES string of the molecule is CNCc1ccc(CN(C)c2ccccc2C)nc1. The van der Waals surface area contributed by atoms with E-state index in [9.17, 15) is 0 Å². The summed E-state index contributed by atoms with van der Waals surface area (Å²) in [5.41, 5.74) is 4.84. The van der Waals surface area contributed by atoms with E-state index in [-0.39, 0.29) is 0 Å². The van der Waals surface area contributed by atoms with Crippen LogP contribution in [-0.4, -0.2) is 19.1 Å². The Balaban J connectivity index is 2.06. The van der Waals surface area contributed by atoms with Crippen molar-refractivity contribution in [1.82, 2.24) is 10.3 Å². The van der Waals surface area contributed by atoms with Gasteiger partial charge >= 0.3 is 0 Å². The van der Waals surface area contributed by atoms with E-state index in [1.165, 1.54) is 16.8 Å². The molecule has 0 spiro atoms. The predicted octanol–water partition coefficient (Wildman–Crippen LogP) is 2.75. The third-order valence-electron chi connectivity index (χ3n) is 3.19. The zero-order chi connectivity index (χ0) is 13.7. The Morgan fingerprint density at radius 2 is 1.95 bits per heavy atom. The van der Waals surface area contributed by atoms with Gasteiger partial charge in [-0.2, -0.15) is 0 Å². The smallest absolute Gasteiger partial charge is 0.0598 e. The summed E-state index contributed by atoms with van der Waals surface area (Å²) in [6, 6.07) is 12.6. The highest BCUT2D eigenvalue weighted by Crippen LogP contribution is 2.19. The summed E-state index contributed by atoms with van der Waals surface area (Å²) in [4.78, 5) is 6.74. The van der Waals surface area contributed by atoms with Crippen LogP contribution in [0.25, 0.3) is 0 Å². The molecule has 3 nitrogen and oxygen atoms in total. The van der Waals surface area contributed by atoms with E-state index in [0.29, 0.717) is 0 Å². The van der Waals surface area contributed by atoms with Crippen molar-refractivity contribution in [1.29, 1.82) is 0 Å². The Kier molecular flexibility index (Phi) is 4.53. The lowest BCUT2D eigenvalue weighted by atomic mass is 10.2. The second-order valence-corrected chi connectivity index (χ2v) is 4.83. The first-order chi connectivity index (χ1) is 9.20. The number of aromatic nitrogens is 1. The summed E-state index contributed by atoms with van der Waals surface area (Å²) in [5.74, 6) is 0. The molecule has 100 valence electrons. The van der Waals surface area contributed by atoms with E-state index in [0.717, 1.165) is 18.8 Å². The van der Waals surface area contributed by atoms with Crippen LogP contribution >= 0.6 is 0 Å². The molecule has 1 aromatic carbocycles. The summed E-state index contributed by atoms with van der Waals surface area (Å²) >= 11 is 0. The van der Waals surface area contributed by atoms with Gasteiger partial charge in [-0.25, -0.2) is 0 Å². The molecule has 2 aromatic rings. The van der Waals surface area contributed by atoms with Crippen LogP contribution in [0.15, 0.2) is 42.6 Å². The second-order valence-electron chi connectivity index (χ2n) is 4.83. The van der Waals surface area contributed by atoms with Crippen molar-refractivity contribution in [3.8, 4) is 0 Å². The van der Waals surface area contributed by atoms with E-state index >= 15 is 0 Å². The van der Waals surface area contributed by atoms with Crippen LogP contribution in [0.3, 0.4) is 0 Å². The summed E-state index contributed by atoms with van der Waals surface area (Å²) in [6.45, 7) is 3.82. The maximum absolute atomic E-state index is 4.51. The predicted molar refractivity (Wildman–Crippen MR) is 80.3 cm³/mol. The van der Waals surface area contributed by atoms with Gasteiger partial charge in [0.2, 0.25) is 0 Å². The van der Waals surface area contributed by atoms with Gasteiger partial charge in [-0.15, -0.1) is 0 Å². The van der Waals surface area contributed by atoms with Gasteiger partial charge in [0.05, 0.1) is 12.2 Å². The highest BCUT2D eigenvalue weighted by Gasteiger charge is 2.05. The van der Waals surface area contributed by atoms with Crippen molar-refractivity contribution >= 4 is 5.69 Å². The number of rotatable bonds is 5. The number of para-hydroxylation sites is 1. The molecule has 0 fully saturated rings. The van der Waals surface area contributed by atoms with Crippen molar-refractivity contribution in [3.63, 3.8) is 0 Å². The molecule has 0 bridgehead atoms. The molecule has 1 aromatic heterocycles. The van der Waals surface area contributed by atoms with Gasteiger partial charge in [0.25, 0.3) is 0 Å². The number of hydrogen-bond acceptors (Lipinski definition) is 3. The molecule has 0 aliphatic heterocycles. The van der Waals surface area contributed by atoms with Crippen molar-refractivity contribution < 1.29 is 0 Å². The van der Waals surface area contributed by atoms with Gasteiger partial charge < -0.3 is 10.2 Å². The average molecular weight is 255 g/mol. The molecule has 3 heteroatoms. The Morgan fingerprint density at radius 3 is 2.58 bits per heavy atom. The lowest BCUT2D eigenvalue weighted by molar-refractivity contribution is 0.805. The highest BCUT2D eigenvalue weighted by atomic mass is 15.1. The first kappa shape index (κ1) is 13.6. The Morgan fingerprint density at radius 1 is 1.16 bits per heavy atom. The highest BCUT2D eigenvalue weighted by molar-refractivity contribution is 5.52. The van der Waals surface area contributed by atoms with Crippen molar-refractivity contribution in [2.75, 3.05) is 19.0 Å². The van der Waals surface area contributed by atoms with Gasteiger partial charge in [0.1, 0.15) is 0 Å². The summed E-state index contributed by atoms with van der Waals surface area (Å²) in [6.07, 6.45) is 1.94. The van der Waals surface area contributed by atoms with Gasteiger partial charge in [0, 0.05) is 25.5 Å². The molecule has 1 N–H and O–H groups in total. The van der Waals surface area contributed by atoms with Crippen LogP contribution in [0.1, 0.15) is 16.8 Å². The molecule has 0 unspecified atom stereocenters. The quantitative estimate of drug-likeness (QED) is 0.890. The van der Waals surface area contributed by atoms with Crippen molar-refractivity contribution in [3.05, 3.63) is 59.4 Å². The normalized spacial score (nSPS) is 10.5. The third kappa shape index (κ3) is 3.55. The lowest BCUT2D eigenvalue weighted by Crippen LogP contribution is -2.18. The number of hydrogen-bond donors (Lipinski definition) is 1. The average Bonchev–Trinajstić information content (AvgIpc) is 2.42. The summed E-state index contributed by atoms with van der Waals surface area (Å²) in [7, 11) is 4.05. The molecule has 0 saturated heterocycles. The van der Waals surface area contributed by atoms with Crippen molar-refractivity contribution in [2.45, 2.75) is 20.0 Å². The first-order valence-corrected chi connectivity index (χ1v) is 6.56. The van der Waals surface area contributed by atoms with E-state index in [4.69, 9.17) is 0 Å². The molecule has 0 radical (unpaired) electrons. The minimum atomic E-state index is 0.824.